The molecule has 164 valence electrons. The van der Waals surface area contributed by atoms with Gasteiger partial charge in [-0.15, -0.1) is 0 Å². The molecule has 1 rings (SSSR count). The molecule has 2 unspecified atom stereocenters. The van der Waals surface area contributed by atoms with Gasteiger partial charge >= 0.3 is 18.4 Å². The SMILES string of the molecule is CNC(=O)C(NC(=O)c1cn(C)nc1C(F)(F)F)C(OC(=O)N(C)C)C(F)(F)F. The predicted octanol–water partition coefficient (Wildman–Crippen LogP) is 0.912. The Morgan fingerprint density at radius 3 is 2.14 bits per heavy atom. The molecule has 3 amide bonds. The Labute approximate surface area is 160 Å². The first-order valence-corrected chi connectivity index (χ1v) is 7.67. The molecule has 15 heteroatoms. The van der Waals surface area contributed by atoms with E-state index in [0.29, 0.717) is 15.8 Å². The third kappa shape index (κ3) is 5.99. The number of likely N-dealkylation sites (N-methyl/N-ethyl adjacent to an activating group) is 1. The maximum atomic E-state index is 13.4. The van der Waals surface area contributed by atoms with Crippen LogP contribution in [0.2, 0.25) is 0 Å². The van der Waals surface area contributed by atoms with Gasteiger partial charge in [-0.25, -0.2) is 4.79 Å². The van der Waals surface area contributed by atoms with Crippen molar-refractivity contribution in [2.75, 3.05) is 21.1 Å². The van der Waals surface area contributed by atoms with Crippen LogP contribution in [0.1, 0.15) is 16.1 Å². The summed E-state index contributed by atoms with van der Waals surface area (Å²) in [5, 5.41) is 6.42. The minimum Gasteiger partial charge on any atom is -0.434 e. The van der Waals surface area contributed by atoms with Crippen LogP contribution in [-0.2, 0) is 22.8 Å². The lowest BCUT2D eigenvalue weighted by Crippen LogP contribution is -2.59. The van der Waals surface area contributed by atoms with Crippen LogP contribution in [0, 0.1) is 0 Å². The van der Waals surface area contributed by atoms with Crippen LogP contribution in [0.3, 0.4) is 0 Å². The average molecular weight is 433 g/mol. The van der Waals surface area contributed by atoms with Gasteiger partial charge in [0, 0.05) is 34.4 Å². The standard InChI is InChI=1S/C14H17F6N5O4/c1-21-11(27)7(9(14(18,19)20)29-12(28)24(2)3)22-10(26)6-5-25(4)23-8(6)13(15,16)17/h5,7,9H,1-4H3,(H,21,27)(H,22,26). The number of nitrogens with one attached hydrogen (secondary N) is 2. The smallest absolute Gasteiger partial charge is 0.434 e. The number of carbonyl (C=O) groups is 3. The van der Waals surface area contributed by atoms with Crippen molar-refractivity contribution < 1.29 is 45.5 Å². The summed E-state index contributed by atoms with van der Waals surface area (Å²) in [6, 6.07) is -2.57. The van der Waals surface area contributed by atoms with Gasteiger partial charge in [0.1, 0.15) is 0 Å². The first-order chi connectivity index (χ1) is 13.1. The summed E-state index contributed by atoms with van der Waals surface area (Å²) in [5.74, 6) is -3.13. The number of rotatable bonds is 5. The highest BCUT2D eigenvalue weighted by atomic mass is 19.4. The van der Waals surface area contributed by atoms with E-state index in [1.54, 1.807) is 5.32 Å². The number of aromatic nitrogens is 2. The van der Waals surface area contributed by atoms with Gasteiger partial charge in [-0.05, 0) is 0 Å². The molecular formula is C14H17F6N5O4. The molecule has 0 saturated heterocycles. The molecule has 1 heterocycles. The van der Waals surface area contributed by atoms with E-state index in [-0.39, 0.29) is 0 Å². The van der Waals surface area contributed by atoms with Crippen LogP contribution >= 0.6 is 0 Å². The molecule has 1 aromatic rings. The summed E-state index contributed by atoms with van der Waals surface area (Å²) in [6.45, 7) is 0. The zero-order valence-electron chi connectivity index (χ0n) is 15.5. The predicted molar refractivity (Wildman–Crippen MR) is 83.5 cm³/mol. The molecule has 2 atom stereocenters. The van der Waals surface area contributed by atoms with Crippen LogP contribution < -0.4 is 10.6 Å². The van der Waals surface area contributed by atoms with Crippen molar-refractivity contribution in [2.24, 2.45) is 7.05 Å². The fourth-order valence-electron chi connectivity index (χ4n) is 2.06. The van der Waals surface area contributed by atoms with Crippen LogP contribution in [0.15, 0.2) is 6.20 Å². The molecule has 9 nitrogen and oxygen atoms in total. The summed E-state index contributed by atoms with van der Waals surface area (Å²) in [6.07, 6.45) is -14.5. The van der Waals surface area contributed by atoms with E-state index in [4.69, 9.17) is 0 Å². The Morgan fingerprint density at radius 2 is 1.72 bits per heavy atom. The van der Waals surface area contributed by atoms with Crippen molar-refractivity contribution in [3.05, 3.63) is 17.5 Å². The highest BCUT2D eigenvalue weighted by Gasteiger charge is 2.52. The second-order valence-electron chi connectivity index (χ2n) is 5.87. The summed E-state index contributed by atoms with van der Waals surface area (Å²) >= 11 is 0. The van der Waals surface area contributed by atoms with Gasteiger partial charge in [-0.1, -0.05) is 0 Å². The highest BCUT2D eigenvalue weighted by molar-refractivity contribution is 5.98. The first-order valence-electron chi connectivity index (χ1n) is 7.67. The number of hydrogen-bond acceptors (Lipinski definition) is 5. The number of hydrogen-bond donors (Lipinski definition) is 2. The van der Waals surface area contributed by atoms with E-state index < -0.39 is 53.7 Å². The average Bonchev–Trinajstić information content (AvgIpc) is 2.98. The summed E-state index contributed by atoms with van der Waals surface area (Å²) < 4.78 is 84.1. The number of nitrogens with zero attached hydrogens (tertiary/aromatic N) is 3. The van der Waals surface area contributed by atoms with Crippen molar-refractivity contribution in [1.82, 2.24) is 25.3 Å². The topological polar surface area (TPSA) is 106 Å². The fraction of sp³-hybridized carbons (Fsp3) is 0.571. The Morgan fingerprint density at radius 1 is 1.17 bits per heavy atom. The van der Waals surface area contributed by atoms with Crippen LogP contribution in [0.25, 0.3) is 0 Å². The molecule has 0 aromatic carbocycles. The normalized spacial score (nSPS) is 14.0. The molecule has 0 aliphatic heterocycles. The maximum absolute atomic E-state index is 13.4. The van der Waals surface area contributed by atoms with Crippen molar-refractivity contribution in [3.63, 3.8) is 0 Å². The number of alkyl halides is 6. The van der Waals surface area contributed by atoms with Crippen LogP contribution in [0.5, 0.6) is 0 Å². The van der Waals surface area contributed by atoms with Gasteiger partial charge in [0.2, 0.25) is 12.0 Å². The molecule has 0 bridgehead atoms. The Bertz CT molecular complexity index is 774. The van der Waals surface area contributed by atoms with Crippen molar-refractivity contribution >= 4 is 17.9 Å². The molecule has 0 aliphatic carbocycles. The lowest BCUT2D eigenvalue weighted by Gasteiger charge is -2.29. The maximum Gasteiger partial charge on any atom is 0.435 e. The van der Waals surface area contributed by atoms with Crippen molar-refractivity contribution in [2.45, 2.75) is 24.5 Å². The second-order valence-corrected chi connectivity index (χ2v) is 5.87. The van der Waals surface area contributed by atoms with Gasteiger partial charge in [-0.2, -0.15) is 31.4 Å². The highest BCUT2D eigenvalue weighted by Crippen LogP contribution is 2.31. The number of halogens is 6. The van der Waals surface area contributed by atoms with E-state index >= 15 is 0 Å². The van der Waals surface area contributed by atoms with E-state index in [0.717, 1.165) is 28.2 Å². The lowest BCUT2D eigenvalue weighted by atomic mass is 10.1. The van der Waals surface area contributed by atoms with E-state index in [1.165, 1.54) is 0 Å². The summed E-state index contributed by atoms with van der Waals surface area (Å²) in [7, 11) is 4.11. The zero-order valence-corrected chi connectivity index (χ0v) is 15.5. The number of aryl methyl sites for hydroxylation is 1. The number of amides is 3. The molecule has 2 N–H and O–H groups in total. The third-order valence-corrected chi connectivity index (χ3v) is 3.38. The summed E-state index contributed by atoms with van der Waals surface area (Å²) in [5.41, 5.74) is -2.78. The van der Waals surface area contributed by atoms with Gasteiger partial charge in [0.05, 0.1) is 5.56 Å². The van der Waals surface area contributed by atoms with Crippen molar-refractivity contribution in [1.29, 1.82) is 0 Å². The Hall–Kier alpha value is -3.00. The molecule has 0 fully saturated rings. The Kier molecular flexibility index (Phi) is 7.10. The van der Waals surface area contributed by atoms with Crippen LogP contribution in [-0.4, -0.2) is 72.1 Å². The van der Waals surface area contributed by atoms with Gasteiger partial charge in [0.25, 0.3) is 5.91 Å². The molecule has 29 heavy (non-hydrogen) atoms. The third-order valence-electron chi connectivity index (χ3n) is 3.38. The lowest BCUT2D eigenvalue weighted by molar-refractivity contribution is -0.212. The molecular weight excluding hydrogens is 416 g/mol. The summed E-state index contributed by atoms with van der Waals surface area (Å²) in [4.78, 5) is 36.4. The van der Waals surface area contributed by atoms with E-state index in [1.807, 2.05) is 5.32 Å². The molecule has 0 aliphatic rings. The molecule has 0 spiro atoms. The van der Waals surface area contributed by atoms with Crippen molar-refractivity contribution in [3.8, 4) is 0 Å². The van der Waals surface area contributed by atoms with Gasteiger partial charge < -0.3 is 20.3 Å². The minimum atomic E-state index is -5.34. The molecule has 0 radical (unpaired) electrons. The van der Waals surface area contributed by atoms with Gasteiger partial charge in [0.15, 0.2) is 11.7 Å². The fourth-order valence-corrected chi connectivity index (χ4v) is 2.06. The largest absolute Gasteiger partial charge is 0.435 e. The Balaban J connectivity index is 3.33. The number of carbonyl (C=O) groups excluding carboxylic acids is 3. The monoisotopic (exact) mass is 433 g/mol. The zero-order chi connectivity index (χ0) is 22.7. The van der Waals surface area contributed by atoms with Gasteiger partial charge in [-0.3, -0.25) is 14.3 Å². The number of ether oxygens (including phenoxy) is 1. The van der Waals surface area contributed by atoms with Crippen LogP contribution in [0.4, 0.5) is 31.1 Å². The first kappa shape index (κ1) is 24.0. The van der Waals surface area contributed by atoms with E-state index in [9.17, 15) is 40.7 Å². The molecule has 0 saturated carbocycles. The van der Waals surface area contributed by atoms with E-state index in [2.05, 4.69) is 9.84 Å². The second kappa shape index (κ2) is 8.57. The molecule has 1 aromatic heterocycles. The quantitative estimate of drug-likeness (QED) is 0.672. The minimum absolute atomic E-state index is 0.619.